The molecule has 1 saturated carbocycles. The van der Waals surface area contributed by atoms with Crippen molar-refractivity contribution in [2.24, 2.45) is 5.92 Å². The highest BCUT2D eigenvalue weighted by Gasteiger charge is 2.41. The lowest BCUT2D eigenvalue weighted by Gasteiger charge is -2.47. The summed E-state index contributed by atoms with van der Waals surface area (Å²) in [4.78, 5) is 15.4. The molecule has 2 amide bonds. The van der Waals surface area contributed by atoms with E-state index in [9.17, 15) is 9.18 Å². The maximum Gasteiger partial charge on any atom is 0.318 e. The van der Waals surface area contributed by atoms with Gasteiger partial charge in [-0.15, -0.1) is 0 Å². The number of hydrogen-bond acceptors (Lipinski definition) is 2. The van der Waals surface area contributed by atoms with Gasteiger partial charge in [-0.1, -0.05) is 62.5 Å². The van der Waals surface area contributed by atoms with Crippen molar-refractivity contribution in [3.05, 3.63) is 58.9 Å². The first-order chi connectivity index (χ1) is 16.4. The highest BCUT2D eigenvalue weighted by Crippen LogP contribution is 2.42. The van der Waals surface area contributed by atoms with Crippen molar-refractivity contribution in [1.82, 2.24) is 15.5 Å². The summed E-state index contributed by atoms with van der Waals surface area (Å²) in [6.07, 6.45) is 16.1. The largest absolute Gasteiger partial charge is 0.335 e. The van der Waals surface area contributed by atoms with Crippen LogP contribution in [-0.4, -0.2) is 36.1 Å². The number of hydrogen-bond donors (Lipinski definition) is 2. The Labute approximate surface area is 205 Å². The molecule has 4 nitrogen and oxygen atoms in total. The molecule has 0 spiro atoms. The molecule has 2 aliphatic carbocycles. The van der Waals surface area contributed by atoms with Crippen molar-refractivity contribution in [1.29, 1.82) is 0 Å². The van der Waals surface area contributed by atoms with E-state index >= 15 is 0 Å². The van der Waals surface area contributed by atoms with E-state index in [4.69, 9.17) is 0 Å². The molecule has 0 radical (unpaired) electrons. The highest BCUT2D eigenvalue weighted by molar-refractivity contribution is 5.76. The summed E-state index contributed by atoms with van der Waals surface area (Å²) in [6.45, 7) is 5.17. The van der Waals surface area contributed by atoms with Gasteiger partial charge in [0.1, 0.15) is 5.82 Å². The van der Waals surface area contributed by atoms with Gasteiger partial charge in [-0.05, 0) is 81.7 Å². The van der Waals surface area contributed by atoms with Gasteiger partial charge in [-0.25, -0.2) is 9.18 Å². The van der Waals surface area contributed by atoms with Crippen LogP contribution in [0.2, 0.25) is 0 Å². The molecule has 0 saturated heterocycles. The van der Waals surface area contributed by atoms with Gasteiger partial charge in [-0.3, -0.25) is 0 Å². The van der Waals surface area contributed by atoms with Crippen LogP contribution in [0.5, 0.6) is 0 Å². The van der Waals surface area contributed by atoms with Gasteiger partial charge >= 0.3 is 6.03 Å². The molecule has 3 aliphatic rings. The lowest BCUT2D eigenvalue weighted by Crippen LogP contribution is -2.61. The molecule has 5 heteroatoms. The maximum atomic E-state index is 13.7. The number of unbranched alkanes of at least 4 members (excludes halogenated alkanes) is 3. The first-order valence-corrected chi connectivity index (χ1v) is 13.3. The van der Waals surface area contributed by atoms with Crippen molar-refractivity contribution in [3.63, 3.8) is 0 Å². The van der Waals surface area contributed by atoms with E-state index in [1.165, 1.54) is 55.4 Å². The molecule has 4 rings (SSSR count). The van der Waals surface area contributed by atoms with Crippen LogP contribution in [-0.2, 0) is 0 Å². The minimum absolute atomic E-state index is 0.00205. The summed E-state index contributed by atoms with van der Waals surface area (Å²) < 4.78 is 13.7. The third-order valence-electron chi connectivity index (χ3n) is 8.21. The van der Waals surface area contributed by atoms with Crippen LogP contribution in [0.3, 0.4) is 0 Å². The SMILES string of the molecule is CCCCCCC1CC=CC2=C(CCN(C(=O)NC3CC(C)(NC)C3)[C@H]2c2ccc(F)cc2)C1. The first kappa shape index (κ1) is 25.0. The number of carbonyl (C=O) groups is 1. The minimum Gasteiger partial charge on any atom is -0.335 e. The molecule has 1 unspecified atom stereocenters. The fraction of sp³-hybridized carbons (Fsp3) is 0.621. The predicted octanol–water partition coefficient (Wildman–Crippen LogP) is 6.66. The fourth-order valence-electron chi connectivity index (χ4n) is 6.03. The van der Waals surface area contributed by atoms with E-state index in [0.29, 0.717) is 12.5 Å². The van der Waals surface area contributed by atoms with Crippen molar-refractivity contribution >= 4 is 6.03 Å². The zero-order valence-corrected chi connectivity index (χ0v) is 21.2. The van der Waals surface area contributed by atoms with Gasteiger partial charge in [0, 0.05) is 18.1 Å². The van der Waals surface area contributed by atoms with E-state index in [2.05, 4.69) is 36.6 Å². The van der Waals surface area contributed by atoms with Crippen LogP contribution >= 0.6 is 0 Å². The standard InChI is InChI=1S/C29H42FN3O/c1-4-5-6-7-9-21-10-8-11-26-23(18-21)16-17-33(27(26)22-12-14-24(30)15-13-22)28(34)32-25-19-29(2,20-25)31-3/h8,11-15,21,25,27,31H,4-7,9-10,16-20H2,1-3H3,(H,32,34)/t21?,25?,27-,29?/m0/s1. The van der Waals surface area contributed by atoms with Crippen LogP contribution in [0.1, 0.15) is 89.7 Å². The number of nitrogens with one attached hydrogen (secondary N) is 2. The lowest BCUT2D eigenvalue weighted by atomic mass is 9.74. The van der Waals surface area contributed by atoms with Gasteiger partial charge in [0.05, 0.1) is 6.04 Å². The summed E-state index contributed by atoms with van der Waals surface area (Å²) in [5.74, 6) is 0.443. The van der Waals surface area contributed by atoms with Crippen molar-refractivity contribution in [2.45, 2.75) is 95.7 Å². The zero-order valence-electron chi connectivity index (χ0n) is 21.2. The van der Waals surface area contributed by atoms with E-state index in [-0.39, 0.29) is 29.5 Å². The topological polar surface area (TPSA) is 44.4 Å². The third kappa shape index (κ3) is 5.73. The Morgan fingerprint density at radius 1 is 1.18 bits per heavy atom. The molecule has 2 N–H and O–H groups in total. The molecule has 186 valence electrons. The van der Waals surface area contributed by atoms with Crippen molar-refractivity contribution < 1.29 is 9.18 Å². The Balaban J connectivity index is 1.53. The average molecular weight is 468 g/mol. The monoisotopic (exact) mass is 467 g/mol. The van der Waals surface area contributed by atoms with E-state index in [1.54, 1.807) is 0 Å². The molecule has 0 bridgehead atoms. The molecule has 1 fully saturated rings. The van der Waals surface area contributed by atoms with Gasteiger partial charge in [0.15, 0.2) is 0 Å². The normalized spacial score (nSPS) is 28.8. The minimum atomic E-state index is -0.242. The second-order valence-electron chi connectivity index (χ2n) is 10.9. The number of halogens is 1. The molecule has 1 aliphatic heterocycles. The summed E-state index contributed by atoms with van der Waals surface area (Å²) in [6, 6.07) is 6.76. The Morgan fingerprint density at radius 3 is 2.65 bits per heavy atom. The van der Waals surface area contributed by atoms with E-state index in [0.717, 1.165) is 37.7 Å². The van der Waals surface area contributed by atoms with E-state index in [1.807, 2.05) is 24.1 Å². The molecule has 1 aromatic carbocycles. The molecule has 1 heterocycles. The number of amides is 2. The number of allylic oxidation sites excluding steroid dienone is 1. The molecular weight excluding hydrogens is 425 g/mol. The molecule has 34 heavy (non-hydrogen) atoms. The predicted molar refractivity (Wildman–Crippen MR) is 137 cm³/mol. The van der Waals surface area contributed by atoms with Gasteiger partial charge in [-0.2, -0.15) is 0 Å². The van der Waals surface area contributed by atoms with Gasteiger partial charge in [0.2, 0.25) is 0 Å². The number of benzene rings is 1. The Morgan fingerprint density at radius 2 is 1.94 bits per heavy atom. The molecule has 2 atom stereocenters. The second-order valence-corrected chi connectivity index (χ2v) is 10.9. The summed E-state index contributed by atoms with van der Waals surface area (Å²) in [5.41, 5.74) is 3.84. The average Bonchev–Trinajstić information content (AvgIpc) is 3.02. The number of carbonyl (C=O) groups excluding carboxylic acids is 1. The lowest BCUT2D eigenvalue weighted by molar-refractivity contribution is 0.136. The number of rotatable bonds is 8. The van der Waals surface area contributed by atoms with Crippen LogP contribution in [0.4, 0.5) is 9.18 Å². The Kier molecular flexibility index (Phi) is 8.13. The molecule has 0 aromatic heterocycles. The van der Waals surface area contributed by atoms with Crippen LogP contribution in [0, 0.1) is 11.7 Å². The van der Waals surface area contributed by atoms with Crippen LogP contribution in [0.15, 0.2) is 47.6 Å². The van der Waals surface area contributed by atoms with Crippen LogP contribution in [0.25, 0.3) is 0 Å². The third-order valence-corrected chi connectivity index (χ3v) is 8.21. The second kappa shape index (κ2) is 11.1. The fourth-order valence-corrected chi connectivity index (χ4v) is 6.03. The number of urea groups is 1. The number of nitrogens with zero attached hydrogens (tertiary/aromatic N) is 1. The van der Waals surface area contributed by atoms with Crippen LogP contribution < -0.4 is 10.6 Å². The molecular formula is C29H42FN3O. The smallest absolute Gasteiger partial charge is 0.318 e. The summed E-state index contributed by atoms with van der Waals surface area (Å²) in [5, 5.41) is 6.63. The quantitative estimate of drug-likeness (QED) is 0.420. The Bertz CT molecular complexity index is 900. The van der Waals surface area contributed by atoms with Gasteiger partial charge < -0.3 is 15.5 Å². The Hall–Kier alpha value is -2.14. The van der Waals surface area contributed by atoms with E-state index < -0.39 is 0 Å². The van der Waals surface area contributed by atoms with Crippen molar-refractivity contribution in [2.75, 3.05) is 13.6 Å². The zero-order chi connectivity index (χ0) is 24.1. The summed E-state index contributed by atoms with van der Waals surface area (Å²) >= 11 is 0. The summed E-state index contributed by atoms with van der Waals surface area (Å²) in [7, 11) is 1.98. The maximum absolute atomic E-state index is 13.7. The van der Waals surface area contributed by atoms with Gasteiger partial charge in [0.25, 0.3) is 0 Å². The first-order valence-electron chi connectivity index (χ1n) is 13.3. The van der Waals surface area contributed by atoms with Crippen molar-refractivity contribution in [3.8, 4) is 0 Å². The molecule has 1 aromatic rings. The highest BCUT2D eigenvalue weighted by atomic mass is 19.1.